The van der Waals surface area contributed by atoms with Crippen LogP contribution < -0.4 is 29.5 Å². The van der Waals surface area contributed by atoms with Gasteiger partial charge < -0.3 is 29.5 Å². The first-order valence-electron chi connectivity index (χ1n) is 17.0. The van der Waals surface area contributed by atoms with Crippen molar-refractivity contribution in [1.82, 2.24) is 0 Å². The zero-order valence-electron chi connectivity index (χ0n) is 31.5. The van der Waals surface area contributed by atoms with Crippen molar-refractivity contribution in [2.45, 2.75) is 20.8 Å². The van der Waals surface area contributed by atoms with E-state index in [4.69, 9.17) is 14.2 Å². The maximum atomic E-state index is 11.9. The van der Waals surface area contributed by atoms with Gasteiger partial charge in [-0.1, -0.05) is 107 Å². The number of aryl methyl sites for hydroxylation is 3. The number of hydrogen-bond acceptors (Lipinski definition) is 9. The number of benzene rings is 6. The van der Waals surface area contributed by atoms with E-state index in [1.54, 1.807) is 73.2 Å². The minimum absolute atomic E-state index is 0. The number of rotatable bonds is 9. The van der Waals surface area contributed by atoms with Crippen LogP contribution in [0.4, 0.5) is 17.1 Å². The van der Waals surface area contributed by atoms with Crippen LogP contribution in [0.25, 0.3) is 0 Å². The Morgan fingerprint density at radius 2 is 0.618 bits per heavy atom. The Morgan fingerprint density at radius 3 is 0.836 bits per heavy atom. The third-order valence-electron chi connectivity index (χ3n) is 7.85. The number of hydrogen-bond donors (Lipinski definition) is 0. The van der Waals surface area contributed by atoms with Gasteiger partial charge in [0.2, 0.25) is 0 Å². The monoisotopic (exact) mass is 776 g/mol. The Hall–Kier alpha value is -6.35. The van der Waals surface area contributed by atoms with Gasteiger partial charge in [-0.2, -0.15) is 0 Å². The third-order valence-corrected chi connectivity index (χ3v) is 7.85. The molecular weight excluding hydrogens is 734 g/mol. The van der Waals surface area contributed by atoms with Crippen molar-refractivity contribution in [3.05, 3.63) is 161 Å². The van der Waals surface area contributed by atoms with Crippen LogP contribution in [0, 0.1) is 20.8 Å². The number of methoxy groups -OCH3 is 3. The van der Waals surface area contributed by atoms with Crippen LogP contribution in [0.3, 0.4) is 0 Å². The van der Waals surface area contributed by atoms with Crippen molar-refractivity contribution in [2.24, 2.45) is 15.0 Å². The summed E-state index contributed by atoms with van der Waals surface area (Å²) in [5.74, 6) is 0.580. The zero-order valence-corrected chi connectivity index (χ0v) is 32.6. The summed E-state index contributed by atoms with van der Waals surface area (Å²) < 4.78 is 14.9. The van der Waals surface area contributed by atoms with Crippen LogP contribution in [-0.2, 0) is 17.1 Å². The van der Waals surface area contributed by atoms with E-state index in [1.165, 1.54) is 38.0 Å². The first-order valence-corrected chi connectivity index (χ1v) is 17.0. The summed E-state index contributed by atoms with van der Waals surface area (Å²) in [4.78, 5) is 12.8. The average molecular weight is 777 g/mol. The molecule has 0 saturated carbocycles. The van der Waals surface area contributed by atoms with Crippen molar-refractivity contribution in [3.8, 4) is 34.5 Å². The summed E-state index contributed by atoms with van der Waals surface area (Å²) in [6.45, 7) is 6.06. The molecule has 1 radical (unpaired) electrons. The van der Waals surface area contributed by atoms with Gasteiger partial charge in [-0.25, -0.2) is 0 Å². The topological polar surface area (TPSA) is 134 Å². The van der Waals surface area contributed by atoms with Gasteiger partial charge in [0, 0.05) is 18.6 Å². The quantitative estimate of drug-likeness (QED) is 0.107. The van der Waals surface area contributed by atoms with Crippen LogP contribution in [0.15, 0.2) is 142 Å². The number of para-hydroxylation sites is 3. The molecule has 0 heterocycles. The fourth-order valence-corrected chi connectivity index (χ4v) is 4.71. The van der Waals surface area contributed by atoms with Gasteiger partial charge in [-0.15, -0.1) is 0 Å². The van der Waals surface area contributed by atoms with E-state index in [2.05, 4.69) is 15.0 Å². The Balaban J connectivity index is 0.000000220. The molecule has 0 amide bonds. The minimum atomic E-state index is -0.143. The fraction of sp³-hybridized carbons (Fsp3) is 0.133. The molecule has 0 aliphatic rings. The number of aliphatic imine (C=N–C) groups is 3. The van der Waals surface area contributed by atoms with Crippen LogP contribution >= 0.6 is 0 Å². The molecule has 0 fully saturated rings. The SMILES string of the molecule is COc1cccc(C=Nc2ccc(C)cc2)c1[O-].COc1cccc(C=Nc2ccc(C)cc2)c1[O-].COc1cccc(C=Nc2ccc(C)cc2)c1[O-].[Fe+3]. The van der Waals surface area contributed by atoms with E-state index in [9.17, 15) is 15.3 Å². The first-order chi connectivity index (χ1) is 26.1. The second-order valence-electron chi connectivity index (χ2n) is 11.9. The predicted molar refractivity (Wildman–Crippen MR) is 213 cm³/mol. The van der Waals surface area contributed by atoms with E-state index >= 15 is 0 Å². The van der Waals surface area contributed by atoms with Gasteiger partial charge >= 0.3 is 17.1 Å². The number of nitrogens with zero attached hydrogens (tertiary/aromatic N) is 3. The van der Waals surface area contributed by atoms with Crippen LogP contribution in [-0.4, -0.2) is 40.0 Å². The summed E-state index contributed by atoms with van der Waals surface area (Å²) >= 11 is 0. The molecule has 10 heteroatoms. The molecule has 9 nitrogen and oxygen atoms in total. The predicted octanol–water partition coefficient (Wildman–Crippen LogP) is 8.48. The second kappa shape index (κ2) is 22.0. The molecule has 6 aromatic rings. The molecule has 0 atom stereocenters. The van der Waals surface area contributed by atoms with Gasteiger partial charge in [0.05, 0.1) is 38.4 Å². The van der Waals surface area contributed by atoms with Crippen molar-refractivity contribution < 1.29 is 46.6 Å². The van der Waals surface area contributed by atoms with Crippen LogP contribution in [0.2, 0.25) is 0 Å². The summed E-state index contributed by atoms with van der Waals surface area (Å²) in [7, 11) is 4.45. The zero-order chi connectivity index (χ0) is 38.9. The molecule has 0 aromatic heterocycles. The van der Waals surface area contributed by atoms with E-state index in [-0.39, 0.29) is 34.3 Å². The summed E-state index contributed by atoms with van der Waals surface area (Å²) in [6, 6.07) is 38.8. The minimum Gasteiger partial charge on any atom is -0.870 e. The molecule has 55 heavy (non-hydrogen) atoms. The van der Waals surface area contributed by atoms with Crippen LogP contribution in [0.5, 0.6) is 34.5 Å². The Morgan fingerprint density at radius 1 is 0.382 bits per heavy atom. The molecular formula is C45H42FeN3O6. The normalized spacial score (nSPS) is 10.6. The van der Waals surface area contributed by atoms with Crippen molar-refractivity contribution >= 4 is 35.7 Å². The molecule has 0 aliphatic heterocycles. The molecule has 6 rings (SSSR count). The van der Waals surface area contributed by atoms with Crippen molar-refractivity contribution in [3.63, 3.8) is 0 Å². The van der Waals surface area contributed by atoms with Gasteiger partial charge in [0.1, 0.15) is 17.2 Å². The molecule has 0 bridgehead atoms. The van der Waals surface area contributed by atoms with E-state index in [0.29, 0.717) is 33.9 Å². The smallest absolute Gasteiger partial charge is 0.870 e. The van der Waals surface area contributed by atoms with Crippen LogP contribution in [0.1, 0.15) is 33.4 Å². The van der Waals surface area contributed by atoms with Gasteiger partial charge in [-0.3, -0.25) is 15.0 Å². The largest absolute Gasteiger partial charge is 3.00 e. The molecule has 0 aliphatic carbocycles. The van der Waals surface area contributed by atoms with Gasteiger partial charge in [0.15, 0.2) is 0 Å². The maximum absolute atomic E-state index is 11.9. The van der Waals surface area contributed by atoms with E-state index in [0.717, 1.165) is 17.1 Å². The first kappa shape index (κ1) is 43.1. The third kappa shape index (κ3) is 13.2. The molecule has 0 unspecified atom stereocenters. The number of ether oxygens (including phenoxy) is 3. The fourth-order valence-electron chi connectivity index (χ4n) is 4.71. The molecule has 0 saturated heterocycles. The van der Waals surface area contributed by atoms with E-state index < -0.39 is 0 Å². The second-order valence-corrected chi connectivity index (χ2v) is 11.9. The Labute approximate surface area is 333 Å². The summed E-state index contributed by atoms with van der Waals surface area (Å²) in [5.41, 5.74) is 7.58. The summed E-state index contributed by atoms with van der Waals surface area (Å²) in [5, 5.41) is 35.6. The molecule has 0 spiro atoms. The standard InChI is InChI=1S/3C15H15NO2.Fe/c3*1-11-6-8-13(9-7-11)16-10-12-4-3-5-14(18-2)15(12)17;/h3*3-10,17H,1-2H3;/q;;;+3/p-3. The molecule has 0 N–H and O–H groups in total. The Bertz CT molecular complexity index is 1930. The average Bonchev–Trinajstić information content (AvgIpc) is 3.19. The molecule has 6 aromatic carbocycles. The van der Waals surface area contributed by atoms with Gasteiger partial charge in [-0.05, 0) is 92.1 Å². The van der Waals surface area contributed by atoms with Crippen molar-refractivity contribution in [2.75, 3.05) is 21.3 Å². The van der Waals surface area contributed by atoms with Crippen molar-refractivity contribution in [1.29, 1.82) is 0 Å². The summed E-state index contributed by atoms with van der Waals surface area (Å²) in [6.07, 6.45) is 4.70. The Kier molecular flexibility index (Phi) is 17.2. The van der Waals surface area contributed by atoms with Gasteiger partial charge in [0.25, 0.3) is 0 Å². The van der Waals surface area contributed by atoms with E-state index in [1.807, 2.05) is 93.6 Å². The molecule has 281 valence electrons. The maximum Gasteiger partial charge on any atom is 3.00 e.